The predicted octanol–water partition coefficient (Wildman–Crippen LogP) is 2.75. The Labute approximate surface area is 93.2 Å². The first-order valence-corrected chi connectivity index (χ1v) is 5.94. The van der Waals surface area contributed by atoms with Crippen molar-refractivity contribution in [2.45, 2.75) is 26.2 Å². The number of nitrogens with one attached hydrogen (secondary N) is 1. The van der Waals surface area contributed by atoms with Crippen molar-refractivity contribution in [3.8, 4) is 0 Å². The molecule has 1 heterocycles. The molecule has 1 aliphatic carbocycles. The Morgan fingerprint density at radius 3 is 3.20 bits per heavy atom. The predicted molar refractivity (Wildman–Crippen MR) is 62.0 cm³/mol. The number of rotatable bonds is 3. The molecule has 2 rings (SSSR count). The van der Waals surface area contributed by atoms with Crippen LogP contribution in [0.4, 0.5) is 5.13 Å². The number of anilines is 1. The second-order valence-corrected chi connectivity index (χ2v) is 5.03. The van der Waals surface area contributed by atoms with Crippen LogP contribution in [0.5, 0.6) is 0 Å². The zero-order valence-electron chi connectivity index (χ0n) is 8.69. The summed E-state index contributed by atoms with van der Waals surface area (Å²) in [7, 11) is 0. The van der Waals surface area contributed by atoms with Crippen LogP contribution in [0.15, 0.2) is 18.3 Å². The van der Waals surface area contributed by atoms with Crippen LogP contribution in [0.1, 0.15) is 24.1 Å². The van der Waals surface area contributed by atoms with Crippen molar-refractivity contribution in [2.75, 3.05) is 5.32 Å². The van der Waals surface area contributed by atoms with Crippen LogP contribution in [-0.2, 0) is 4.79 Å². The van der Waals surface area contributed by atoms with Gasteiger partial charge in [-0.15, -0.1) is 11.3 Å². The number of thiazole rings is 1. The molecule has 0 saturated heterocycles. The first-order chi connectivity index (χ1) is 7.24. The smallest absolute Gasteiger partial charge is 0.226 e. The van der Waals surface area contributed by atoms with Crippen molar-refractivity contribution < 1.29 is 4.79 Å². The fraction of sp³-hybridized carbons (Fsp3) is 0.455. The molecular weight excluding hydrogens is 208 g/mol. The van der Waals surface area contributed by atoms with Gasteiger partial charge in [-0.25, -0.2) is 4.98 Å². The summed E-state index contributed by atoms with van der Waals surface area (Å²) in [6, 6.07) is 0. The van der Waals surface area contributed by atoms with E-state index >= 15 is 0 Å². The number of allylic oxidation sites excluding steroid dienone is 2. The third-order valence-corrected chi connectivity index (χ3v) is 3.26. The average molecular weight is 222 g/mol. The lowest BCUT2D eigenvalue weighted by atomic mass is 10.1. The summed E-state index contributed by atoms with van der Waals surface area (Å²) in [6.45, 7) is 1.98. The topological polar surface area (TPSA) is 42.0 Å². The molecule has 4 heteroatoms. The van der Waals surface area contributed by atoms with Gasteiger partial charge in [-0.1, -0.05) is 12.2 Å². The lowest BCUT2D eigenvalue weighted by Crippen LogP contribution is -2.14. The van der Waals surface area contributed by atoms with Crippen LogP contribution in [0, 0.1) is 12.8 Å². The lowest BCUT2D eigenvalue weighted by Gasteiger charge is -2.06. The number of carbonyl (C=O) groups is 1. The first kappa shape index (κ1) is 10.4. The number of carbonyl (C=O) groups excluding carboxylic acids is 1. The minimum Gasteiger partial charge on any atom is -0.302 e. The summed E-state index contributed by atoms with van der Waals surface area (Å²) < 4.78 is 0. The highest BCUT2D eigenvalue weighted by molar-refractivity contribution is 7.15. The Hall–Kier alpha value is -1.16. The number of hydrogen-bond acceptors (Lipinski definition) is 3. The summed E-state index contributed by atoms with van der Waals surface area (Å²) in [5.74, 6) is 0.493. The third-order valence-electron chi connectivity index (χ3n) is 2.43. The summed E-state index contributed by atoms with van der Waals surface area (Å²) in [5, 5.41) is 3.53. The van der Waals surface area contributed by atoms with Crippen LogP contribution in [-0.4, -0.2) is 10.9 Å². The molecule has 1 aromatic rings. The van der Waals surface area contributed by atoms with Gasteiger partial charge in [0.15, 0.2) is 5.13 Å². The van der Waals surface area contributed by atoms with E-state index in [1.54, 1.807) is 6.20 Å². The van der Waals surface area contributed by atoms with Crippen molar-refractivity contribution in [1.82, 2.24) is 4.98 Å². The zero-order chi connectivity index (χ0) is 10.7. The van der Waals surface area contributed by atoms with E-state index in [0.29, 0.717) is 17.5 Å². The van der Waals surface area contributed by atoms with Crippen molar-refractivity contribution >= 4 is 22.4 Å². The fourth-order valence-corrected chi connectivity index (χ4v) is 2.37. The summed E-state index contributed by atoms with van der Waals surface area (Å²) in [5.41, 5.74) is 0. The Morgan fingerprint density at radius 2 is 2.60 bits per heavy atom. The van der Waals surface area contributed by atoms with Gasteiger partial charge in [0, 0.05) is 17.5 Å². The van der Waals surface area contributed by atoms with Crippen LogP contribution >= 0.6 is 11.3 Å². The van der Waals surface area contributed by atoms with Crippen LogP contribution < -0.4 is 5.32 Å². The molecule has 0 fully saturated rings. The largest absolute Gasteiger partial charge is 0.302 e. The molecule has 1 aliphatic rings. The Morgan fingerprint density at radius 1 is 1.73 bits per heavy atom. The molecule has 80 valence electrons. The maximum absolute atomic E-state index is 11.6. The van der Waals surface area contributed by atoms with Gasteiger partial charge in [-0.2, -0.15) is 0 Å². The Kier molecular flexibility index (Phi) is 3.16. The van der Waals surface area contributed by atoms with Gasteiger partial charge >= 0.3 is 0 Å². The molecule has 0 radical (unpaired) electrons. The van der Waals surface area contributed by atoms with Crippen molar-refractivity contribution in [3.05, 3.63) is 23.2 Å². The standard InChI is InChI=1S/C11H14N2OS/c1-8-7-12-11(15-8)13-10(14)6-9-4-2-3-5-9/h2,4,7,9H,3,5-6H2,1H3,(H,12,13,14)/t9-/m1/s1. The fourth-order valence-electron chi connectivity index (χ4n) is 1.69. The number of aromatic nitrogens is 1. The normalized spacial score (nSPS) is 19.4. The number of nitrogens with zero attached hydrogens (tertiary/aromatic N) is 1. The molecule has 0 aromatic carbocycles. The first-order valence-electron chi connectivity index (χ1n) is 5.13. The minimum absolute atomic E-state index is 0.0703. The van der Waals surface area contributed by atoms with Crippen molar-refractivity contribution in [2.24, 2.45) is 5.92 Å². The lowest BCUT2D eigenvalue weighted by molar-refractivity contribution is -0.116. The molecule has 1 N–H and O–H groups in total. The molecule has 1 amide bonds. The van der Waals surface area contributed by atoms with Crippen molar-refractivity contribution in [3.63, 3.8) is 0 Å². The van der Waals surface area contributed by atoms with Gasteiger partial charge in [-0.3, -0.25) is 4.79 Å². The van der Waals surface area contributed by atoms with Gasteiger partial charge < -0.3 is 5.32 Å². The SMILES string of the molecule is Cc1cnc(NC(=O)C[C@@H]2C=CCC2)s1. The van der Waals surface area contributed by atoms with Gasteiger partial charge in [0.2, 0.25) is 5.91 Å². The average Bonchev–Trinajstić information content (AvgIpc) is 2.77. The van der Waals surface area contributed by atoms with E-state index in [2.05, 4.69) is 22.5 Å². The van der Waals surface area contributed by atoms with Gasteiger partial charge in [0.1, 0.15) is 0 Å². The Balaban J connectivity index is 1.84. The number of amides is 1. The van der Waals surface area contributed by atoms with E-state index in [-0.39, 0.29) is 5.91 Å². The monoisotopic (exact) mass is 222 g/mol. The summed E-state index contributed by atoms with van der Waals surface area (Å²) in [4.78, 5) is 16.8. The molecule has 15 heavy (non-hydrogen) atoms. The molecule has 1 atom stereocenters. The maximum Gasteiger partial charge on any atom is 0.226 e. The molecule has 1 aromatic heterocycles. The van der Waals surface area contributed by atoms with Gasteiger partial charge in [0.05, 0.1) is 0 Å². The van der Waals surface area contributed by atoms with Gasteiger partial charge in [0.25, 0.3) is 0 Å². The molecule has 0 spiro atoms. The van der Waals surface area contributed by atoms with E-state index in [9.17, 15) is 4.79 Å². The van der Waals surface area contributed by atoms with E-state index in [1.165, 1.54) is 11.3 Å². The minimum atomic E-state index is 0.0703. The van der Waals surface area contributed by atoms with Crippen LogP contribution in [0.2, 0.25) is 0 Å². The molecule has 0 aliphatic heterocycles. The van der Waals surface area contributed by atoms with Crippen LogP contribution in [0.3, 0.4) is 0 Å². The highest BCUT2D eigenvalue weighted by atomic mass is 32.1. The maximum atomic E-state index is 11.6. The van der Waals surface area contributed by atoms with E-state index < -0.39 is 0 Å². The van der Waals surface area contributed by atoms with Gasteiger partial charge in [-0.05, 0) is 25.7 Å². The summed E-state index contributed by atoms with van der Waals surface area (Å²) in [6.07, 6.45) is 8.83. The molecule has 0 bridgehead atoms. The second kappa shape index (κ2) is 4.57. The second-order valence-electron chi connectivity index (χ2n) is 3.79. The summed E-state index contributed by atoms with van der Waals surface area (Å²) >= 11 is 1.51. The molecule has 0 saturated carbocycles. The Bertz CT molecular complexity index is 384. The van der Waals surface area contributed by atoms with E-state index in [0.717, 1.165) is 17.7 Å². The molecule has 0 unspecified atom stereocenters. The number of hydrogen-bond donors (Lipinski definition) is 1. The number of aryl methyl sites for hydroxylation is 1. The third kappa shape index (κ3) is 2.89. The van der Waals surface area contributed by atoms with E-state index in [1.807, 2.05) is 6.92 Å². The van der Waals surface area contributed by atoms with Crippen LogP contribution in [0.25, 0.3) is 0 Å². The zero-order valence-corrected chi connectivity index (χ0v) is 9.51. The van der Waals surface area contributed by atoms with E-state index in [4.69, 9.17) is 0 Å². The molecule has 3 nitrogen and oxygen atoms in total. The highest BCUT2D eigenvalue weighted by Gasteiger charge is 2.14. The van der Waals surface area contributed by atoms with Crippen molar-refractivity contribution in [1.29, 1.82) is 0 Å². The highest BCUT2D eigenvalue weighted by Crippen LogP contribution is 2.22. The quantitative estimate of drug-likeness (QED) is 0.799. The molecular formula is C11H14N2OS.